The molecule has 2 heterocycles. The molecule has 140 valence electrons. The second-order valence-electron chi connectivity index (χ2n) is 7.07. The lowest BCUT2D eigenvalue weighted by Gasteiger charge is -2.30. The lowest BCUT2D eigenvalue weighted by molar-refractivity contribution is 0.507. The number of rotatable bonds is 3. The zero-order chi connectivity index (χ0) is 19.3. The molecule has 2 aromatic carbocycles. The fourth-order valence-corrected chi connectivity index (χ4v) is 3.78. The quantitative estimate of drug-likeness (QED) is 0.671. The van der Waals surface area contributed by atoms with E-state index in [1.807, 2.05) is 18.2 Å². The number of anilines is 2. The van der Waals surface area contributed by atoms with Crippen molar-refractivity contribution in [1.82, 2.24) is 4.98 Å². The molecule has 0 amide bonds. The highest BCUT2D eigenvalue weighted by Crippen LogP contribution is 2.40. The van der Waals surface area contributed by atoms with Crippen LogP contribution in [0, 0.1) is 17.6 Å². The predicted octanol–water partition coefficient (Wildman–Crippen LogP) is 4.87. The van der Waals surface area contributed by atoms with E-state index in [9.17, 15) is 13.6 Å². The Morgan fingerprint density at radius 1 is 1.19 bits per heavy atom. The summed E-state index contributed by atoms with van der Waals surface area (Å²) >= 11 is 6.18. The van der Waals surface area contributed by atoms with Gasteiger partial charge in [0, 0.05) is 23.0 Å². The molecular weight excluding hydrogens is 372 g/mol. The molecule has 0 fully saturated rings. The first kappa shape index (κ1) is 17.8. The molecule has 1 aliphatic rings. The van der Waals surface area contributed by atoms with Gasteiger partial charge in [0.25, 0.3) is 0 Å². The van der Waals surface area contributed by atoms with Gasteiger partial charge in [0.1, 0.15) is 6.17 Å². The van der Waals surface area contributed by atoms with E-state index < -0.39 is 17.2 Å². The van der Waals surface area contributed by atoms with E-state index in [1.54, 1.807) is 0 Å². The molecule has 1 aromatic heterocycles. The second kappa shape index (κ2) is 6.53. The molecule has 1 atom stereocenters. The van der Waals surface area contributed by atoms with Gasteiger partial charge in [-0.05, 0) is 41.8 Å². The average Bonchev–Trinajstić information content (AvgIpc) is 2.96. The van der Waals surface area contributed by atoms with Crippen molar-refractivity contribution in [3.8, 4) is 0 Å². The number of hydrogen-bond donors (Lipinski definition) is 2. The zero-order valence-electron chi connectivity index (χ0n) is 14.8. The molecule has 27 heavy (non-hydrogen) atoms. The maximum atomic E-state index is 14.2. The summed E-state index contributed by atoms with van der Waals surface area (Å²) in [5.74, 6) is -1.77. The first-order valence-electron chi connectivity index (χ1n) is 8.68. The standard InChI is InChI=1S/C20H18ClF2N3O/c1-10(2)20-24-15-6-3-12(21)8-16(15)26(20)9-11-7-17(27)25-19-13(11)4-5-14(22)18(19)23/h3-8,10,20,24H,9H2,1-2H3,(H,25,27). The summed E-state index contributed by atoms with van der Waals surface area (Å²) in [5, 5.41) is 4.55. The Bertz CT molecular complexity index is 1100. The smallest absolute Gasteiger partial charge is 0.248 e. The third kappa shape index (κ3) is 3.04. The molecule has 0 aliphatic carbocycles. The summed E-state index contributed by atoms with van der Waals surface area (Å²) in [7, 11) is 0. The highest BCUT2D eigenvalue weighted by atomic mass is 35.5. The predicted molar refractivity (Wildman–Crippen MR) is 104 cm³/mol. The normalized spacial score (nSPS) is 16.1. The minimum absolute atomic E-state index is 0.0156. The van der Waals surface area contributed by atoms with Gasteiger partial charge in [-0.1, -0.05) is 25.4 Å². The SMILES string of the molecule is CC(C)C1Nc2ccc(Cl)cc2N1Cc1cc(=O)[nH]c2c(F)c(F)ccc12. The van der Waals surface area contributed by atoms with E-state index in [1.165, 1.54) is 12.1 Å². The highest BCUT2D eigenvalue weighted by Gasteiger charge is 2.31. The van der Waals surface area contributed by atoms with Gasteiger partial charge < -0.3 is 15.2 Å². The van der Waals surface area contributed by atoms with E-state index in [-0.39, 0.29) is 17.6 Å². The Morgan fingerprint density at radius 3 is 2.70 bits per heavy atom. The number of nitrogens with zero attached hydrogens (tertiary/aromatic N) is 1. The van der Waals surface area contributed by atoms with Crippen LogP contribution < -0.4 is 15.8 Å². The molecule has 0 spiro atoms. The lowest BCUT2D eigenvalue weighted by Crippen LogP contribution is -2.39. The van der Waals surface area contributed by atoms with E-state index in [4.69, 9.17) is 11.6 Å². The maximum Gasteiger partial charge on any atom is 0.248 e. The fraction of sp³-hybridized carbons (Fsp3) is 0.250. The summed E-state index contributed by atoms with van der Waals surface area (Å²) in [6.45, 7) is 4.53. The van der Waals surface area contributed by atoms with Crippen molar-refractivity contribution >= 4 is 33.9 Å². The molecule has 7 heteroatoms. The number of benzene rings is 2. The summed E-state index contributed by atoms with van der Waals surface area (Å²) < 4.78 is 27.8. The third-order valence-corrected chi connectivity index (χ3v) is 5.11. The van der Waals surface area contributed by atoms with Crippen LogP contribution in [0.3, 0.4) is 0 Å². The molecule has 3 aromatic rings. The van der Waals surface area contributed by atoms with Crippen LogP contribution >= 0.6 is 11.6 Å². The third-order valence-electron chi connectivity index (χ3n) is 4.87. The first-order valence-corrected chi connectivity index (χ1v) is 9.05. The summed E-state index contributed by atoms with van der Waals surface area (Å²) in [6, 6.07) is 9.59. The molecule has 0 bridgehead atoms. The molecule has 0 saturated carbocycles. The van der Waals surface area contributed by atoms with Crippen LogP contribution in [0.4, 0.5) is 20.2 Å². The van der Waals surface area contributed by atoms with Gasteiger partial charge in [-0.15, -0.1) is 0 Å². The Labute approximate surface area is 159 Å². The Kier molecular flexibility index (Phi) is 4.30. The van der Waals surface area contributed by atoms with E-state index >= 15 is 0 Å². The summed E-state index contributed by atoms with van der Waals surface area (Å²) in [5.41, 5.74) is 1.90. The van der Waals surface area contributed by atoms with Gasteiger partial charge in [0.05, 0.1) is 16.9 Å². The molecule has 4 nitrogen and oxygen atoms in total. The van der Waals surface area contributed by atoms with E-state index in [0.717, 1.165) is 17.4 Å². The number of pyridine rings is 1. The number of fused-ring (bicyclic) bond motifs is 2. The molecule has 1 unspecified atom stereocenters. The highest BCUT2D eigenvalue weighted by molar-refractivity contribution is 6.31. The van der Waals surface area contributed by atoms with Crippen molar-refractivity contribution in [2.45, 2.75) is 26.6 Å². The minimum atomic E-state index is -1.05. The van der Waals surface area contributed by atoms with Gasteiger partial charge >= 0.3 is 0 Å². The van der Waals surface area contributed by atoms with Crippen LogP contribution in [0.15, 0.2) is 41.2 Å². The van der Waals surface area contributed by atoms with Crippen molar-refractivity contribution in [1.29, 1.82) is 0 Å². The van der Waals surface area contributed by atoms with Gasteiger partial charge in [-0.2, -0.15) is 0 Å². The molecule has 2 N–H and O–H groups in total. The molecule has 1 aliphatic heterocycles. The van der Waals surface area contributed by atoms with Crippen LogP contribution in [-0.2, 0) is 6.54 Å². The molecule has 0 radical (unpaired) electrons. The number of H-pyrrole nitrogens is 1. The number of aromatic amines is 1. The van der Waals surface area contributed by atoms with Crippen molar-refractivity contribution in [3.05, 3.63) is 69.0 Å². The number of halogens is 3. The van der Waals surface area contributed by atoms with Crippen molar-refractivity contribution in [3.63, 3.8) is 0 Å². The van der Waals surface area contributed by atoms with Crippen LogP contribution in [0.25, 0.3) is 10.9 Å². The second-order valence-corrected chi connectivity index (χ2v) is 7.50. The van der Waals surface area contributed by atoms with E-state index in [2.05, 4.69) is 29.0 Å². The monoisotopic (exact) mass is 389 g/mol. The molecule has 4 rings (SSSR count). The van der Waals surface area contributed by atoms with Crippen LogP contribution in [0.5, 0.6) is 0 Å². The van der Waals surface area contributed by atoms with Crippen LogP contribution in [0.2, 0.25) is 5.02 Å². The minimum Gasteiger partial charge on any atom is -0.363 e. The number of nitrogens with one attached hydrogen (secondary N) is 2. The van der Waals surface area contributed by atoms with Crippen LogP contribution in [0.1, 0.15) is 19.4 Å². The fourth-order valence-electron chi connectivity index (χ4n) is 3.61. The van der Waals surface area contributed by atoms with Crippen LogP contribution in [-0.4, -0.2) is 11.1 Å². The summed E-state index contributed by atoms with van der Waals surface area (Å²) in [4.78, 5) is 16.6. The van der Waals surface area contributed by atoms with Gasteiger partial charge in [0.15, 0.2) is 11.6 Å². The largest absolute Gasteiger partial charge is 0.363 e. The van der Waals surface area contributed by atoms with Crippen molar-refractivity contribution in [2.75, 3.05) is 10.2 Å². The molecule has 0 saturated heterocycles. The van der Waals surface area contributed by atoms with Gasteiger partial charge in [-0.25, -0.2) is 8.78 Å². The number of hydrogen-bond acceptors (Lipinski definition) is 3. The number of aromatic nitrogens is 1. The molecular formula is C20H18ClF2N3O. The Balaban J connectivity index is 1.85. The first-order chi connectivity index (χ1) is 12.8. The van der Waals surface area contributed by atoms with Crippen molar-refractivity contribution in [2.24, 2.45) is 5.92 Å². The van der Waals surface area contributed by atoms with Gasteiger partial charge in [0.2, 0.25) is 5.56 Å². The van der Waals surface area contributed by atoms with E-state index in [0.29, 0.717) is 22.5 Å². The average molecular weight is 390 g/mol. The maximum absolute atomic E-state index is 14.2. The summed E-state index contributed by atoms with van der Waals surface area (Å²) in [6.07, 6.45) is -0.0156. The Morgan fingerprint density at radius 2 is 1.96 bits per heavy atom. The topological polar surface area (TPSA) is 48.1 Å². The van der Waals surface area contributed by atoms with Crippen molar-refractivity contribution < 1.29 is 8.78 Å². The Hall–Kier alpha value is -2.60. The lowest BCUT2D eigenvalue weighted by atomic mass is 10.1. The van der Waals surface area contributed by atoms with Gasteiger partial charge in [-0.3, -0.25) is 4.79 Å². The zero-order valence-corrected chi connectivity index (χ0v) is 15.6.